The lowest BCUT2D eigenvalue weighted by molar-refractivity contribution is -0.141. The molecule has 3 aromatic rings. The van der Waals surface area contributed by atoms with Gasteiger partial charge >= 0.3 is 5.97 Å². The number of fused-ring (bicyclic) bond motifs is 2. The van der Waals surface area contributed by atoms with Crippen molar-refractivity contribution in [1.82, 2.24) is 4.57 Å². The second-order valence-electron chi connectivity index (χ2n) is 7.13. The molecule has 4 rings (SSSR count). The van der Waals surface area contributed by atoms with Gasteiger partial charge in [-0.15, -0.1) is 0 Å². The van der Waals surface area contributed by atoms with Gasteiger partial charge in [0.2, 0.25) is 0 Å². The lowest BCUT2D eigenvalue weighted by atomic mass is 9.90. The summed E-state index contributed by atoms with van der Waals surface area (Å²) in [7, 11) is 1.36. The Balaban J connectivity index is 1.78. The topological polar surface area (TPSA) is 60.7 Å². The highest BCUT2D eigenvalue weighted by atomic mass is 32.1. The van der Waals surface area contributed by atoms with E-state index in [4.69, 9.17) is 4.74 Å². The first-order valence-corrected chi connectivity index (χ1v) is 10.2. The zero-order valence-electron chi connectivity index (χ0n) is 16.0. The van der Waals surface area contributed by atoms with Gasteiger partial charge in [-0.3, -0.25) is 9.59 Å². The number of methoxy groups -OCH3 is 1. The van der Waals surface area contributed by atoms with Gasteiger partial charge in [-0.1, -0.05) is 23.5 Å². The standard InChI is InChI=1S/C22H22N2O3S/c1-14-7-10-18-19(11-14)28-22(24(18)13-20(25)27-2)23-21(26)17-9-8-15-5-3-4-6-16(15)12-17/h7-12H,3-6,13H2,1-2H3. The molecule has 0 N–H and O–H groups in total. The molecule has 0 atom stereocenters. The Morgan fingerprint density at radius 2 is 1.89 bits per heavy atom. The summed E-state index contributed by atoms with van der Waals surface area (Å²) in [6.07, 6.45) is 4.46. The van der Waals surface area contributed by atoms with Crippen LogP contribution in [0, 0.1) is 6.92 Å². The van der Waals surface area contributed by atoms with E-state index in [9.17, 15) is 9.59 Å². The van der Waals surface area contributed by atoms with E-state index in [-0.39, 0.29) is 18.4 Å². The van der Waals surface area contributed by atoms with Crippen molar-refractivity contribution >= 4 is 33.4 Å². The number of esters is 1. The van der Waals surface area contributed by atoms with Crippen LogP contribution in [0.4, 0.5) is 0 Å². The highest BCUT2D eigenvalue weighted by Gasteiger charge is 2.15. The summed E-state index contributed by atoms with van der Waals surface area (Å²) < 4.78 is 7.56. The minimum atomic E-state index is -0.372. The van der Waals surface area contributed by atoms with Gasteiger partial charge in [0.15, 0.2) is 4.80 Å². The zero-order chi connectivity index (χ0) is 19.7. The summed E-state index contributed by atoms with van der Waals surface area (Å²) in [5, 5.41) is 0. The molecule has 1 aliphatic rings. The molecule has 144 valence electrons. The minimum absolute atomic E-state index is 0.0237. The summed E-state index contributed by atoms with van der Waals surface area (Å²) in [5.74, 6) is -0.654. The molecule has 0 radical (unpaired) electrons. The second-order valence-corrected chi connectivity index (χ2v) is 8.13. The molecule has 0 fully saturated rings. The Kier molecular flexibility index (Phi) is 5.13. The van der Waals surface area contributed by atoms with Crippen molar-refractivity contribution < 1.29 is 14.3 Å². The molecule has 5 nitrogen and oxygen atoms in total. The van der Waals surface area contributed by atoms with Crippen LogP contribution in [0.1, 0.15) is 39.9 Å². The summed E-state index contributed by atoms with van der Waals surface area (Å²) in [4.78, 5) is 29.6. The third kappa shape index (κ3) is 3.64. The maximum atomic E-state index is 12.9. The average Bonchev–Trinajstić information content (AvgIpc) is 3.03. The van der Waals surface area contributed by atoms with E-state index in [0.29, 0.717) is 10.4 Å². The number of carbonyl (C=O) groups excluding carboxylic acids is 2. The molecule has 0 spiro atoms. The lowest BCUT2D eigenvalue weighted by Crippen LogP contribution is -2.22. The van der Waals surface area contributed by atoms with Crippen LogP contribution in [-0.4, -0.2) is 23.6 Å². The van der Waals surface area contributed by atoms with E-state index in [2.05, 4.69) is 4.99 Å². The highest BCUT2D eigenvalue weighted by Crippen LogP contribution is 2.23. The van der Waals surface area contributed by atoms with E-state index >= 15 is 0 Å². The van der Waals surface area contributed by atoms with Crippen molar-refractivity contribution in [1.29, 1.82) is 0 Å². The molecule has 2 aromatic carbocycles. The number of thiazole rings is 1. The maximum Gasteiger partial charge on any atom is 0.325 e. The number of nitrogens with zero attached hydrogens (tertiary/aromatic N) is 2. The van der Waals surface area contributed by atoms with Crippen LogP contribution in [0.2, 0.25) is 0 Å². The molecule has 1 amide bonds. The van der Waals surface area contributed by atoms with Crippen molar-refractivity contribution in [2.45, 2.75) is 39.2 Å². The molecule has 28 heavy (non-hydrogen) atoms. The average molecular weight is 394 g/mol. The highest BCUT2D eigenvalue weighted by molar-refractivity contribution is 7.16. The van der Waals surface area contributed by atoms with E-state index in [1.807, 2.05) is 43.3 Å². The Hall–Kier alpha value is -2.73. The quantitative estimate of drug-likeness (QED) is 0.635. The molecule has 0 aliphatic heterocycles. The Morgan fingerprint density at radius 1 is 1.11 bits per heavy atom. The number of hydrogen-bond donors (Lipinski definition) is 0. The fraction of sp³-hybridized carbons (Fsp3) is 0.318. The van der Waals surface area contributed by atoms with Gasteiger partial charge < -0.3 is 9.30 Å². The van der Waals surface area contributed by atoms with E-state index in [0.717, 1.165) is 35.0 Å². The molecule has 0 bridgehead atoms. The maximum absolute atomic E-state index is 12.9. The zero-order valence-corrected chi connectivity index (χ0v) is 16.8. The Bertz CT molecular complexity index is 1140. The van der Waals surface area contributed by atoms with Gasteiger partial charge in [0.05, 0.1) is 17.3 Å². The van der Waals surface area contributed by atoms with Crippen LogP contribution < -0.4 is 4.80 Å². The van der Waals surface area contributed by atoms with E-state index in [1.165, 1.54) is 36.0 Å². The summed E-state index contributed by atoms with van der Waals surface area (Å²) in [6.45, 7) is 2.04. The number of ether oxygens (including phenoxy) is 1. The number of carbonyl (C=O) groups is 2. The van der Waals surface area contributed by atoms with E-state index < -0.39 is 0 Å². The van der Waals surface area contributed by atoms with Crippen molar-refractivity contribution in [2.75, 3.05) is 7.11 Å². The molecule has 0 unspecified atom stereocenters. The number of aryl methyl sites for hydroxylation is 3. The molecular weight excluding hydrogens is 372 g/mol. The van der Waals surface area contributed by atoms with E-state index in [1.54, 1.807) is 4.57 Å². The van der Waals surface area contributed by atoms with Crippen molar-refractivity contribution in [3.63, 3.8) is 0 Å². The molecule has 0 saturated heterocycles. The predicted molar refractivity (Wildman–Crippen MR) is 110 cm³/mol. The first-order chi connectivity index (χ1) is 13.5. The third-order valence-corrected chi connectivity index (χ3v) is 6.19. The van der Waals surface area contributed by atoms with Crippen LogP contribution in [0.5, 0.6) is 0 Å². The lowest BCUT2D eigenvalue weighted by Gasteiger charge is -2.15. The summed E-state index contributed by atoms with van der Waals surface area (Å²) in [5.41, 5.74) is 5.17. The molecular formula is C22H22N2O3S. The fourth-order valence-electron chi connectivity index (χ4n) is 3.63. The molecule has 1 aliphatic carbocycles. The smallest absolute Gasteiger partial charge is 0.325 e. The first kappa shape index (κ1) is 18.6. The predicted octanol–water partition coefficient (Wildman–Crippen LogP) is 3.80. The molecule has 0 saturated carbocycles. The number of hydrogen-bond acceptors (Lipinski definition) is 4. The van der Waals surface area contributed by atoms with Gasteiger partial charge in [-0.05, 0) is 73.6 Å². The summed E-state index contributed by atoms with van der Waals surface area (Å²) in [6, 6.07) is 11.9. The molecule has 1 heterocycles. The largest absolute Gasteiger partial charge is 0.468 e. The van der Waals surface area contributed by atoms with Gasteiger partial charge in [-0.25, -0.2) is 0 Å². The van der Waals surface area contributed by atoms with Crippen LogP contribution >= 0.6 is 11.3 Å². The second kappa shape index (κ2) is 7.72. The fourth-order valence-corrected chi connectivity index (χ4v) is 4.76. The monoisotopic (exact) mass is 394 g/mol. The normalized spacial score (nSPS) is 14.1. The van der Waals surface area contributed by atoms with Crippen molar-refractivity contribution in [3.05, 3.63) is 63.5 Å². The van der Waals surface area contributed by atoms with Gasteiger partial charge in [0.1, 0.15) is 6.54 Å². The van der Waals surface area contributed by atoms with Crippen molar-refractivity contribution in [2.24, 2.45) is 4.99 Å². The number of aromatic nitrogens is 1. The number of benzene rings is 2. The number of amides is 1. The Labute approximate surface area is 167 Å². The molecule has 1 aromatic heterocycles. The van der Waals surface area contributed by atoms with Crippen LogP contribution in [0.25, 0.3) is 10.2 Å². The van der Waals surface area contributed by atoms with Gasteiger partial charge in [-0.2, -0.15) is 4.99 Å². The Morgan fingerprint density at radius 3 is 2.68 bits per heavy atom. The number of rotatable bonds is 3. The third-order valence-electron chi connectivity index (χ3n) is 5.15. The van der Waals surface area contributed by atoms with Gasteiger partial charge in [0, 0.05) is 5.56 Å². The first-order valence-electron chi connectivity index (χ1n) is 9.43. The molecule has 6 heteroatoms. The van der Waals surface area contributed by atoms with Crippen molar-refractivity contribution in [3.8, 4) is 0 Å². The summed E-state index contributed by atoms with van der Waals surface area (Å²) >= 11 is 1.41. The van der Waals surface area contributed by atoms with Crippen LogP contribution in [0.15, 0.2) is 41.4 Å². The van der Waals surface area contributed by atoms with Crippen LogP contribution in [0.3, 0.4) is 0 Å². The SMILES string of the molecule is COC(=O)Cn1c(=NC(=O)c2ccc3c(c2)CCCC3)sc2cc(C)ccc21. The van der Waals surface area contributed by atoms with Gasteiger partial charge in [0.25, 0.3) is 5.91 Å². The minimum Gasteiger partial charge on any atom is -0.468 e. The van der Waals surface area contributed by atoms with Crippen LogP contribution in [-0.2, 0) is 28.9 Å².